The van der Waals surface area contributed by atoms with Gasteiger partial charge in [0.15, 0.2) is 0 Å². The van der Waals surface area contributed by atoms with Crippen LogP contribution in [0, 0.1) is 5.92 Å². The van der Waals surface area contributed by atoms with Crippen LogP contribution in [0.15, 0.2) is 66.5 Å². The number of fused-ring (bicyclic) bond motifs is 1. The first-order valence-electron chi connectivity index (χ1n) is 15.7. The van der Waals surface area contributed by atoms with Gasteiger partial charge in [-0.3, -0.25) is 19.4 Å². The van der Waals surface area contributed by atoms with Crippen molar-refractivity contribution in [1.82, 2.24) is 20.5 Å². The Morgan fingerprint density at radius 3 is 2.33 bits per heavy atom. The monoisotopic (exact) mass is 669 g/mol. The lowest BCUT2D eigenvalue weighted by atomic mass is 10.0. The van der Waals surface area contributed by atoms with Crippen molar-refractivity contribution in [2.24, 2.45) is 5.92 Å². The van der Waals surface area contributed by atoms with E-state index in [1.54, 1.807) is 38.7 Å². The largest absolute Gasteiger partial charge is 0.444 e. The second-order valence-electron chi connectivity index (χ2n) is 12.3. The van der Waals surface area contributed by atoms with Gasteiger partial charge in [0.1, 0.15) is 11.3 Å². The van der Waals surface area contributed by atoms with E-state index in [1.165, 1.54) is 24.4 Å². The fourth-order valence-corrected chi connectivity index (χ4v) is 4.55. The van der Waals surface area contributed by atoms with Crippen LogP contribution in [0.2, 0.25) is 0 Å². The van der Waals surface area contributed by atoms with Gasteiger partial charge in [-0.25, -0.2) is 4.79 Å². The summed E-state index contributed by atoms with van der Waals surface area (Å²) in [7, 11) is 0. The fraction of sp³-hybridized carbons (Fsp3) is 0.400. The zero-order valence-electron chi connectivity index (χ0n) is 27.7. The summed E-state index contributed by atoms with van der Waals surface area (Å²) in [5, 5.41) is 8.68. The van der Waals surface area contributed by atoms with Gasteiger partial charge >= 0.3 is 12.3 Å². The lowest BCUT2D eigenvalue weighted by Gasteiger charge is -2.24. The molecule has 0 saturated heterocycles. The standard InChI is InChI=1S/C35H42F3N5O5/c1-6-18-43(19-17-39-33(47)48-34(3,4)5)30(44)16-11-23(2)31(45)42-29(20-24-12-14-26(15-13-24)35(36,37)38)32(46)41-27-21-25-9-7-8-10-28(25)40-22-27/h7-10,12-15,20-23H,6,11,16-19H2,1-5H3,(H,39,47)(H,41,46)(H,42,45). The third kappa shape index (κ3) is 12.0. The van der Waals surface area contributed by atoms with E-state index in [-0.39, 0.29) is 43.1 Å². The van der Waals surface area contributed by atoms with Gasteiger partial charge in [0.25, 0.3) is 5.91 Å². The molecule has 0 spiro atoms. The number of amides is 4. The molecule has 2 aromatic carbocycles. The highest BCUT2D eigenvalue weighted by Crippen LogP contribution is 2.29. The molecule has 1 heterocycles. The Bertz CT molecular complexity index is 1620. The molecular formula is C35H42F3N5O5. The van der Waals surface area contributed by atoms with Gasteiger partial charge in [-0.1, -0.05) is 44.2 Å². The van der Waals surface area contributed by atoms with E-state index >= 15 is 0 Å². The Kier molecular flexibility index (Phi) is 13.1. The minimum absolute atomic E-state index is 0.0356. The van der Waals surface area contributed by atoms with Gasteiger partial charge < -0.3 is 25.6 Å². The normalized spacial score (nSPS) is 12.6. The zero-order chi connectivity index (χ0) is 35.5. The average Bonchev–Trinajstić information content (AvgIpc) is 3.01. The van der Waals surface area contributed by atoms with Crippen molar-refractivity contribution in [2.45, 2.75) is 65.7 Å². The third-order valence-electron chi connectivity index (χ3n) is 7.03. The number of rotatable bonds is 13. The van der Waals surface area contributed by atoms with Crippen LogP contribution < -0.4 is 16.0 Å². The van der Waals surface area contributed by atoms with E-state index < -0.39 is 41.2 Å². The maximum atomic E-state index is 13.4. The zero-order valence-corrected chi connectivity index (χ0v) is 27.7. The van der Waals surface area contributed by atoms with E-state index in [9.17, 15) is 32.3 Å². The quantitative estimate of drug-likeness (QED) is 0.178. The molecule has 0 bridgehead atoms. The average molecular weight is 670 g/mol. The summed E-state index contributed by atoms with van der Waals surface area (Å²) in [6.07, 6.45) is -1.50. The Labute approximate surface area is 278 Å². The summed E-state index contributed by atoms with van der Waals surface area (Å²) in [5.74, 6) is -2.18. The number of halogens is 3. The molecule has 0 aliphatic rings. The highest BCUT2D eigenvalue weighted by atomic mass is 19.4. The molecule has 0 aliphatic heterocycles. The van der Waals surface area contributed by atoms with Crippen LogP contribution in [0.5, 0.6) is 0 Å². The highest BCUT2D eigenvalue weighted by Gasteiger charge is 2.30. The van der Waals surface area contributed by atoms with Gasteiger partial charge in [-0.2, -0.15) is 13.2 Å². The number of benzene rings is 2. The lowest BCUT2D eigenvalue weighted by Crippen LogP contribution is -2.41. The molecule has 10 nitrogen and oxygen atoms in total. The summed E-state index contributed by atoms with van der Waals surface area (Å²) in [4.78, 5) is 57.5. The summed E-state index contributed by atoms with van der Waals surface area (Å²) in [6.45, 7) is 9.68. The minimum atomic E-state index is -4.53. The van der Waals surface area contributed by atoms with Crippen molar-refractivity contribution >= 4 is 46.5 Å². The van der Waals surface area contributed by atoms with E-state index in [0.29, 0.717) is 24.2 Å². The summed E-state index contributed by atoms with van der Waals surface area (Å²) in [5.41, 5.74) is -0.393. The molecule has 1 unspecified atom stereocenters. The fourth-order valence-electron chi connectivity index (χ4n) is 4.55. The second-order valence-corrected chi connectivity index (χ2v) is 12.3. The number of alkyl carbamates (subject to hydrolysis) is 1. The first-order valence-corrected chi connectivity index (χ1v) is 15.7. The highest BCUT2D eigenvalue weighted by molar-refractivity contribution is 6.09. The van der Waals surface area contributed by atoms with Crippen molar-refractivity contribution in [3.63, 3.8) is 0 Å². The smallest absolute Gasteiger partial charge is 0.416 e. The maximum Gasteiger partial charge on any atom is 0.416 e. The van der Waals surface area contributed by atoms with Gasteiger partial charge in [-0.15, -0.1) is 0 Å². The number of hydrogen-bond acceptors (Lipinski definition) is 6. The number of hydrogen-bond donors (Lipinski definition) is 3. The molecule has 1 atom stereocenters. The Hall–Kier alpha value is -4.94. The number of aromatic nitrogens is 1. The first kappa shape index (κ1) is 37.5. The van der Waals surface area contributed by atoms with Crippen LogP contribution in [-0.2, 0) is 25.3 Å². The van der Waals surface area contributed by atoms with Gasteiger partial charge in [-0.05, 0) is 69.5 Å². The van der Waals surface area contributed by atoms with Gasteiger partial charge in [0.2, 0.25) is 11.8 Å². The van der Waals surface area contributed by atoms with Crippen molar-refractivity contribution in [3.8, 4) is 0 Å². The number of nitrogens with zero attached hydrogens (tertiary/aromatic N) is 2. The van der Waals surface area contributed by atoms with Crippen LogP contribution in [-0.4, -0.2) is 58.9 Å². The molecule has 3 aromatic rings. The minimum Gasteiger partial charge on any atom is -0.444 e. The van der Waals surface area contributed by atoms with E-state index in [1.807, 2.05) is 31.2 Å². The van der Waals surface area contributed by atoms with Gasteiger partial charge in [0, 0.05) is 37.4 Å². The molecule has 258 valence electrons. The number of anilines is 1. The molecular weight excluding hydrogens is 627 g/mol. The number of pyridine rings is 1. The Balaban J connectivity index is 1.69. The van der Waals surface area contributed by atoms with Crippen LogP contribution >= 0.6 is 0 Å². The second kappa shape index (κ2) is 16.8. The van der Waals surface area contributed by atoms with E-state index in [2.05, 4.69) is 20.9 Å². The van der Waals surface area contributed by atoms with Crippen LogP contribution in [0.1, 0.15) is 65.0 Å². The summed E-state index contributed by atoms with van der Waals surface area (Å²) in [6, 6.07) is 13.1. The summed E-state index contributed by atoms with van der Waals surface area (Å²) < 4.78 is 44.5. The molecule has 4 amide bonds. The topological polar surface area (TPSA) is 130 Å². The van der Waals surface area contributed by atoms with E-state index in [0.717, 1.165) is 17.5 Å². The lowest BCUT2D eigenvalue weighted by molar-refractivity contribution is -0.137. The Morgan fingerprint density at radius 2 is 1.69 bits per heavy atom. The predicted octanol–water partition coefficient (Wildman–Crippen LogP) is 6.53. The molecule has 0 fully saturated rings. The Morgan fingerprint density at radius 1 is 1.00 bits per heavy atom. The maximum absolute atomic E-state index is 13.4. The van der Waals surface area contributed by atoms with Crippen molar-refractivity contribution in [3.05, 3.63) is 77.6 Å². The molecule has 0 aliphatic carbocycles. The van der Waals surface area contributed by atoms with Crippen molar-refractivity contribution in [2.75, 3.05) is 25.0 Å². The van der Waals surface area contributed by atoms with Crippen molar-refractivity contribution < 1.29 is 37.1 Å². The molecule has 13 heteroatoms. The van der Waals surface area contributed by atoms with E-state index in [4.69, 9.17) is 4.74 Å². The molecule has 3 N–H and O–H groups in total. The number of alkyl halides is 3. The van der Waals surface area contributed by atoms with Gasteiger partial charge in [0.05, 0.1) is 23.0 Å². The third-order valence-corrected chi connectivity index (χ3v) is 7.03. The summed E-state index contributed by atoms with van der Waals surface area (Å²) >= 11 is 0. The SMILES string of the molecule is CCCN(CCNC(=O)OC(C)(C)C)C(=O)CCC(C)C(=O)NC(=Cc1ccc(C(F)(F)F)cc1)C(=O)Nc1cnc2ccccc2c1. The number of para-hydroxylation sites is 1. The molecule has 48 heavy (non-hydrogen) atoms. The van der Waals surface area contributed by atoms with Crippen molar-refractivity contribution in [1.29, 1.82) is 0 Å². The predicted molar refractivity (Wildman–Crippen MR) is 177 cm³/mol. The first-order chi connectivity index (χ1) is 22.6. The molecule has 1 aromatic heterocycles. The molecule has 3 rings (SSSR count). The molecule has 0 radical (unpaired) electrons. The number of ether oxygens (including phenoxy) is 1. The van der Waals surface area contributed by atoms with Crippen LogP contribution in [0.3, 0.4) is 0 Å². The number of carbonyl (C=O) groups excluding carboxylic acids is 4. The number of carbonyl (C=O) groups is 4. The van der Waals surface area contributed by atoms with Crippen LogP contribution in [0.4, 0.5) is 23.7 Å². The number of nitrogens with one attached hydrogen (secondary N) is 3. The molecule has 0 saturated carbocycles. The van der Waals surface area contributed by atoms with Crippen LogP contribution in [0.25, 0.3) is 17.0 Å².